The fraction of sp³-hybridized carbons (Fsp3) is 0. The molecule has 54 heavy (non-hydrogen) atoms. The van der Waals surface area contributed by atoms with Crippen LogP contribution in [0.3, 0.4) is 0 Å². The van der Waals surface area contributed by atoms with Crippen molar-refractivity contribution in [2.45, 2.75) is 0 Å². The van der Waals surface area contributed by atoms with E-state index in [0.29, 0.717) is 5.82 Å². The van der Waals surface area contributed by atoms with Crippen LogP contribution in [-0.4, -0.2) is 19.1 Å². The van der Waals surface area contributed by atoms with E-state index < -0.39 is 0 Å². The molecule has 4 nitrogen and oxygen atoms in total. The Bertz CT molecular complexity index is 3490. The topological polar surface area (TPSA) is 35.6 Å². The molecule has 0 N–H and O–H groups in total. The lowest BCUT2D eigenvalue weighted by molar-refractivity contribution is 1.07. The Morgan fingerprint density at radius 1 is 0.315 bits per heavy atom. The van der Waals surface area contributed by atoms with Gasteiger partial charge in [-0.05, 0) is 57.9 Å². The second kappa shape index (κ2) is 11.1. The summed E-state index contributed by atoms with van der Waals surface area (Å²) in [7, 11) is 0. The van der Waals surface area contributed by atoms with E-state index in [1.807, 2.05) is 6.07 Å². The first-order valence-electron chi connectivity index (χ1n) is 18.4. The summed E-state index contributed by atoms with van der Waals surface area (Å²) >= 11 is 0. The van der Waals surface area contributed by atoms with Crippen molar-refractivity contribution in [1.29, 1.82) is 0 Å². The highest BCUT2D eigenvalue weighted by Crippen LogP contribution is 2.51. The maximum Gasteiger partial charge on any atom is 0.162 e. The summed E-state index contributed by atoms with van der Waals surface area (Å²) in [6, 6.07) is 65.2. The van der Waals surface area contributed by atoms with Gasteiger partial charge in [0, 0.05) is 49.0 Å². The molecule has 0 atom stereocenters. The molecule has 0 saturated heterocycles. The van der Waals surface area contributed by atoms with Crippen LogP contribution < -0.4 is 0 Å². The lowest BCUT2D eigenvalue weighted by atomic mass is 9.89. The monoisotopic (exact) mass is 686 g/mol. The normalized spacial score (nSPS) is 12.1. The first kappa shape index (κ1) is 29.3. The van der Waals surface area contributed by atoms with Gasteiger partial charge in [-0.1, -0.05) is 146 Å². The van der Waals surface area contributed by atoms with Gasteiger partial charge in [0.05, 0.1) is 27.6 Å². The second-order valence-electron chi connectivity index (χ2n) is 14.1. The lowest BCUT2D eigenvalue weighted by Crippen LogP contribution is -2.04. The van der Waals surface area contributed by atoms with Crippen molar-refractivity contribution in [3.8, 4) is 22.9 Å². The van der Waals surface area contributed by atoms with Gasteiger partial charge in [0.25, 0.3) is 0 Å². The van der Waals surface area contributed by atoms with E-state index in [4.69, 9.17) is 9.97 Å². The third-order valence-corrected chi connectivity index (χ3v) is 11.2. The molecule has 3 aromatic heterocycles. The van der Waals surface area contributed by atoms with Crippen molar-refractivity contribution in [2.75, 3.05) is 0 Å². The molecule has 0 aliphatic heterocycles. The summed E-state index contributed by atoms with van der Waals surface area (Å²) in [6.45, 7) is 0. The largest absolute Gasteiger partial charge is 0.307 e. The lowest BCUT2D eigenvalue weighted by Gasteiger charge is -2.17. The Kier molecular flexibility index (Phi) is 6.02. The molecule has 0 unspecified atom stereocenters. The van der Waals surface area contributed by atoms with Gasteiger partial charge in [-0.15, -0.1) is 0 Å². The molecular weight excluding hydrogens is 657 g/mol. The van der Waals surface area contributed by atoms with Crippen molar-refractivity contribution in [1.82, 2.24) is 19.1 Å². The summed E-state index contributed by atoms with van der Waals surface area (Å²) in [6.07, 6.45) is 0. The van der Waals surface area contributed by atoms with E-state index in [1.54, 1.807) is 0 Å². The number of benzene rings is 9. The smallest absolute Gasteiger partial charge is 0.162 e. The van der Waals surface area contributed by atoms with E-state index in [1.165, 1.54) is 59.4 Å². The van der Waals surface area contributed by atoms with Gasteiger partial charge in [-0.3, -0.25) is 4.57 Å². The number of aromatic nitrogens is 4. The Balaban J connectivity index is 1.45. The maximum absolute atomic E-state index is 5.51. The molecule has 0 saturated carbocycles. The summed E-state index contributed by atoms with van der Waals surface area (Å²) in [5, 5.41) is 13.4. The van der Waals surface area contributed by atoms with Gasteiger partial charge >= 0.3 is 0 Å². The van der Waals surface area contributed by atoms with Crippen molar-refractivity contribution in [3.63, 3.8) is 0 Å². The SMILES string of the molecule is c1ccc(-c2nc(-n3c4ccccc4c4c5c6ccccc6c6ccccc6c5c5c6ccccc6n(-c6ccccc6)c5c43)c3ccccc3n2)cc1. The number of hydrogen-bond acceptors (Lipinski definition) is 2. The first-order chi connectivity index (χ1) is 26.8. The van der Waals surface area contributed by atoms with Gasteiger partial charge in [-0.2, -0.15) is 0 Å². The third-order valence-electron chi connectivity index (χ3n) is 11.2. The molecule has 0 spiro atoms. The fourth-order valence-electron chi connectivity index (χ4n) is 9.11. The van der Waals surface area contributed by atoms with Crippen LogP contribution in [0.2, 0.25) is 0 Å². The zero-order chi connectivity index (χ0) is 35.3. The first-order valence-corrected chi connectivity index (χ1v) is 18.4. The Hall–Kier alpha value is -7.30. The van der Waals surface area contributed by atoms with Crippen LogP contribution in [0.15, 0.2) is 182 Å². The second-order valence-corrected chi connectivity index (χ2v) is 14.1. The number of nitrogens with zero attached hydrogens (tertiary/aromatic N) is 4. The Labute approximate surface area is 309 Å². The molecule has 9 aromatic carbocycles. The Morgan fingerprint density at radius 3 is 1.37 bits per heavy atom. The van der Waals surface area contributed by atoms with E-state index in [0.717, 1.165) is 44.5 Å². The quantitative estimate of drug-likeness (QED) is 0.173. The van der Waals surface area contributed by atoms with Crippen LogP contribution in [0, 0.1) is 0 Å². The van der Waals surface area contributed by atoms with Gasteiger partial charge in [0.2, 0.25) is 0 Å². The molecule has 250 valence electrons. The minimum Gasteiger partial charge on any atom is -0.307 e. The molecule has 0 bridgehead atoms. The molecule has 0 aliphatic rings. The average molecular weight is 687 g/mol. The summed E-state index contributed by atoms with van der Waals surface area (Å²) < 4.78 is 4.92. The van der Waals surface area contributed by atoms with Crippen molar-refractivity contribution in [2.24, 2.45) is 0 Å². The van der Waals surface area contributed by atoms with E-state index in [-0.39, 0.29) is 0 Å². The standard InChI is InChI=1S/C50H30N4/c1-3-17-31(18-4-1)49-51-40-28-14-11-25-37(40)50(52-49)54-42-30-16-13-27-39(42)46-44-36-24-10-8-22-34(36)33-21-7-9-23-35(33)43(44)45-38-26-12-15-29-41(38)53(47(45)48(46)54)32-19-5-2-6-20-32/h1-30H. The predicted octanol–water partition coefficient (Wildman–Crippen LogP) is 13.0. The van der Waals surface area contributed by atoms with Crippen LogP contribution in [0.1, 0.15) is 0 Å². The number of fused-ring (bicyclic) bond motifs is 16. The molecule has 12 aromatic rings. The fourth-order valence-corrected chi connectivity index (χ4v) is 9.11. The summed E-state index contributed by atoms with van der Waals surface area (Å²) in [5.41, 5.74) is 7.56. The average Bonchev–Trinajstić information content (AvgIpc) is 3.77. The Morgan fingerprint density at radius 2 is 0.759 bits per heavy atom. The van der Waals surface area contributed by atoms with E-state index in [9.17, 15) is 0 Å². The van der Waals surface area contributed by atoms with Gasteiger partial charge in [0.1, 0.15) is 5.82 Å². The van der Waals surface area contributed by atoms with Crippen LogP contribution >= 0.6 is 0 Å². The predicted molar refractivity (Wildman–Crippen MR) is 226 cm³/mol. The molecule has 4 heteroatoms. The number of rotatable bonds is 3. The molecule has 0 aliphatic carbocycles. The van der Waals surface area contributed by atoms with E-state index >= 15 is 0 Å². The van der Waals surface area contributed by atoms with Crippen LogP contribution in [0.5, 0.6) is 0 Å². The highest BCUT2D eigenvalue weighted by atomic mass is 15.1. The van der Waals surface area contributed by atoms with Crippen molar-refractivity contribution >= 4 is 86.8 Å². The summed E-state index contributed by atoms with van der Waals surface area (Å²) in [4.78, 5) is 10.6. The van der Waals surface area contributed by atoms with Gasteiger partial charge in [-0.25, -0.2) is 9.97 Å². The zero-order valence-electron chi connectivity index (χ0n) is 29.1. The zero-order valence-corrected chi connectivity index (χ0v) is 29.1. The minimum absolute atomic E-state index is 0.701. The highest BCUT2D eigenvalue weighted by molar-refractivity contribution is 6.45. The summed E-state index contributed by atoms with van der Waals surface area (Å²) in [5.74, 6) is 1.56. The molecule has 0 amide bonds. The maximum atomic E-state index is 5.51. The van der Waals surface area contributed by atoms with E-state index in [2.05, 4.69) is 185 Å². The third kappa shape index (κ3) is 3.91. The number of hydrogen-bond donors (Lipinski definition) is 0. The van der Waals surface area contributed by atoms with Crippen molar-refractivity contribution in [3.05, 3.63) is 182 Å². The molecular formula is C50H30N4. The molecule has 12 rings (SSSR count). The van der Waals surface area contributed by atoms with Gasteiger partial charge < -0.3 is 4.57 Å². The molecule has 3 heterocycles. The number of para-hydroxylation sites is 4. The van der Waals surface area contributed by atoms with Crippen molar-refractivity contribution < 1.29 is 0 Å². The minimum atomic E-state index is 0.701. The highest BCUT2D eigenvalue weighted by Gasteiger charge is 2.28. The van der Waals surface area contributed by atoms with Crippen LogP contribution in [0.4, 0.5) is 0 Å². The van der Waals surface area contributed by atoms with Crippen LogP contribution in [-0.2, 0) is 0 Å². The van der Waals surface area contributed by atoms with Crippen LogP contribution in [0.25, 0.3) is 110 Å². The van der Waals surface area contributed by atoms with Gasteiger partial charge in [0.15, 0.2) is 5.82 Å². The molecule has 0 fully saturated rings. The molecule has 0 radical (unpaired) electrons.